The highest BCUT2D eigenvalue weighted by Gasteiger charge is 2.08. The Morgan fingerprint density at radius 2 is 0.667 bits per heavy atom. The molecule has 0 saturated heterocycles. The third-order valence-electron chi connectivity index (χ3n) is 12.2. The maximum absolute atomic E-state index is 6.04. The Labute approximate surface area is 368 Å². The summed E-state index contributed by atoms with van der Waals surface area (Å²) in [5.41, 5.74) is 2.62. The van der Waals surface area contributed by atoms with Crippen molar-refractivity contribution in [2.24, 2.45) is 0 Å². The van der Waals surface area contributed by atoms with Crippen molar-refractivity contribution in [2.75, 3.05) is 13.2 Å². The first-order chi connectivity index (χ1) is 29.7. The van der Waals surface area contributed by atoms with E-state index in [1.807, 2.05) is 0 Å². The Balaban J connectivity index is 0.956. The molecule has 0 bridgehead atoms. The van der Waals surface area contributed by atoms with Crippen LogP contribution in [0.2, 0.25) is 0 Å². The van der Waals surface area contributed by atoms with E-state index in [9.17, 15) is 0 Å². The fraction of sp³-hybridized carbons (Fsp3) is 0.667. The lowest BCUT2D eigenvalue weighted by molar-refractivity contribution is -0.688. The van der Waals surface area contributed by atoms with E-state index in [0.29, 0.717) is 0 Å². The summed E-state index contributed by atoms with van der Waals surface area (Å²) in [6.45, 7) is 10.2. The highest BCUT2D eigenvalue weighted by Crippen LogP contribution is 2.17. The van der Waals surface area contributed by atoms with Gasteiger partial charge >= 0.3 is 0 Å². The van der Waals surface area contributed by atoms with Gasteiger partial charge in [0, 0.05) is 0 Å². The Morgan fingerprint density at radius 3 is 1.00 bits per heavy atom. The minimum atomic E-state index is 0.826. The quantitative estimate of drug-likeness (QED) is 0.0332. The van der Waals surface area contributed by atoms with Gasteiger partial charge in [0.25, 0.3) is 0 Å². The average Bonchev–Trinajstić information content (AvgIpc) is 3.92. The highest BCUT2D eigenvalue weighted by atomic mass is 16.5. The molecule has 2 aromatic carbocycles. The summed E-state index contributed by atoms with van der Waals surface area (Å²) in [6, 6.07) is 17.4. The van der Waals surface area contributed by atoms with E-state index in [2.05, 4.69) is 118 Å². The molecule has 6 heteroatoms. The van der Waals surface area contributed by atoms with Crippen LogP contribution in [-0.2, 0) is 26.2 Å². The topological polar surface area (TPSA) is 36.1 Å². The van der Waals surface area contributed by atoms with Crippen LogP contribution in [-0.4, -0.2) is 22.3 Å². The van der Waals surface area contributed by atoms with Crippen LogP contribution in [0.3, 0.4) is 0 Å². The summed E-state index contributed by atoms with van der Waals surface area (Å²) in [5.74, 6) is 1.99. The molecule has 0 N–H and O–H groups in total. The Bertz CT molecular complexity index is 1440. The summed E-state index contributed by atoms with van der Waals surface area (Å²) >= 11 is 0. The van der Waals surface area contributed by atoms with Crippen molar-refractivity contribution < 1.29 is 18.6 Å². The van der Waals surface area contributed by atoms with Crippen LogP contribution in [0, 0.1) is 0 Å². The van der Waals surface area contributed by atoms with Gasteiger partial charge < -0.3 is 9.47 Å². The third kappa shape index (κ3) is 23.5. The number of unbranched alkanes of at least 4 members (excludes halogenated alkanes) is 25. The number of rotatable bonds is 39. The fourth-order valence-electron chi connectivity index (χ4n) is 8.34. The molecule has 2 heterocycles. The van der Waals surface area contributed by atoms with Gasteiger partial charge in [-0.05, 0) is 73.9 Å². The van der Waals surface area contributed by atoms with Gasteiger partial charge in [0.1, 0.15) is 49.4 Å². The molecule has 60 heavy (non-hydrogen) atoms. The van der Waals surface area contributed by atoms with E-state index in [0.717, 1.165) is 63.7 Å². The zero-order chi connectivity index (χ0) is 42.0. The molecule has 0 unspecified atom stereocenters. The first-order valence-corrected chi connectivity index (χ1v) is 25.2. The van der Waals surface area contributed by atoms with Crippen molar-refractivity contribution in [1.82, 2.24) is 9.13 Å². The molecule has 0 amide bonds. The molecule has 0 fully saturated rings. The lowest BCUT2D eigenvalue weighted by Gasteiger charge is -2.07. The van der Waals surface area contributed by atoms with Crippen molar-refractivity contribution in [3.63, 3.8) is 0 Å². The lowest BCUT2D eigenvalue weighted by atomic mass is 10.1. The van der Waals surface area contributed by atoms with Crippen LogP contribution in [0.15, 0.2) is 86.0 Å². The van der Waals surface area contributed by atoms with E-state index in [4.69, 9.17) is 9.47 Å². The normalized spacial score (nSPS) is 11.4. The van der Waals surface area contributed by atoms with Crippen LogP contribution >= 0.6 is 0 Å². The molecule has 4 rings (SSSR count). The molecular weight excluding hydrogens is 737 g/mol. The van der Waals surface area contributed by atoms with Gasteiger partial charge in [0.2, 0.25) is 12.7 Å². The van der Waals surface area contributed by atoms with Gasteiger partial charge in [0.05, 0.1) is 26.3 Å². The van der Waals surface area contributed by atoms with Gasteiger partial charge in [0.15, 0.2) is 0 Å². The summed E-state index contributed by atoms with van der Waals surface area (Å²) in [7, 11) is 0. The third-order valence-corrected chi connectivity index (χ3v) is 12.2. The summed E-state index contributed by atoms with van der Waals surface area (Å²) < 4.78 is 21.3. The number of benzene rings is 2. The Morgan fingerprint density at radius 1 is 0.367 bits per heavy atom. The largest absolute Gasteiger partial charge is 0.494 e. The molecule has 334 valence electrons. The van der Waals surface area contributed by atoms with Gasteiger partial charge in [-0.1, -0.05) is 179 Å². The van der Waals surface area contributed by atoms with Crippen molar-refractivity contribution >= 4 is 0 Å². The summed E-state index contributed by atoms with van der Waals surface area (Å²) in [4.78, 5) is 0. The van der Waals surface area contributed by atoms with Crippen molar-refractivity contribution in [3.05, 3.63) is 97.1 Å². The van der Waals surface area contributed by atoms with E-state index in [-0.39, 0.29) is 0 Å². The second-order valence-electron chi connectivity index (χ2n) is 17.8. The van der Waals surface area contributed by atoms with Crippen LogP contribution in [0.1, 0.15) is 205 Å². The van der Waals surface area contributed by atoms with E-state index in [1.165, 1.54) is 178 Å². The van der Waals surface area contributed by atoms with Gasteiger partial charge in [-0.2, -0.15) is 0 Å². The maximum Gasteiger partial charge on any atom is 0.244 e. The molecule has 0 aliphatic carbocycles. The number of nitrogens with zero attached hydrogens (tertiary/aromatic N) is 4. The molecule has 0 radical (unpaired) electrons. The van der Waals surface area contributed by atoms with Crippen molar-refractivity contribution in [2.45, 2.75) is 220 Å². The van der Waals surface area contributed by atoms with E-state index < -0.39 is 0 Å². The first-order valence-electron chi connectivity index (χ1n) is 25.2. The minimum absolute atomic E-state index is 0.826. The SMILES string of the molecule is CCCCCCCCCCCCCCOc1ccc(C[n+]2ccn(CCCCCCn3cc[n+](Cc4ccc(OCCCCCCCCCCCCCC)cc4)c3)c2)cc1. The molecule has 0 spiro atoms. The van der Waals surface area contributed by atoms with Crippen molar-refractivity contribution in [1.29, 1.82) is 0 Å². The summed E-state index contributed by atoms with van der Waals surface area (Å²) in [5, 5.41) is 0. The molecule has 6 nitrogen and oxygen atoms in total. The fourth-order valence-corrected chi connectivity index (χ4v) is 8.34. The second kappa shape index (κ2) is 33.1. The molecule has 0 aliphatic rings. The van der Waals surface area contributed by atoms with Crippen LogP contribution in [0.4, 0.5) is 0 Å². The number of imidazole rings is 2. The predicted octanol–water partition coefficient (Wildman–Crippen LogP) is 14.4. The number of ether oxygens (including phenoxy) is 2. The Kier molecular flexibility index (Phi) is 27.1. The summed E-state index contributed by atoms with van der Waals surface area (Å²) in [6.07, 6.45) is 51.2. The molecular formula is C54H88N4O2+2. The lowest BCUT2D eigenvalue weighted by Crippen LogP contribution is -2.31. The van der Waals surface area contributed by atoms with E-state index >= 15 is 0 Å². The number of hydrogen-bond acceptors (Lipinski definition) is 2. The standard InChI is InChI=1S/C54H88N4O2/c1-3-5-7-9-11-13-15-17-19-21-25-29-45-59-53-35-31-51(32-36-53)47-57-43-41-55(49-57)39-27-23-24-28-40-56-42-44-58(50-56)48-52-33-37-54(38-34-52)60-46-30-26-22-20-18-16-14-12-10-8-6-4-2/h31-38,41-44,49-50H,3-30,39-40,45-48H2,1-2H3/q+2. The molecule has 0 saturated carbocycles. The zero-order valence-electron chi connectivity index (χ0n) is 38.7. The van der Waals surface area contributed by atoms with E-state index in [1.54, 1.807) is 0 Å². The smallest absolute Gasteiger partial charge is 0.244 e. The number of aryl methyl sites for hydroxylation is 2. The van der Waals surface area contributed by atoms with Crippen LogP contribution in [0.25, 0.3) is 0 Å². The van der Waals surface area contributed by atoms with Gasteiger partial charge in [-0.3, -0.25) is 0 Å². The zero-order valence-corrected chi connectivity index (χ0v) is 38.7. The van der Waals surface area contributed by atoms with Gasteiger partial charge in [-0.25, -0.2) is 18.3 Å². The first kappa shape index (κ1) is 49.1. The average molecular weight is 825 g/mol. The van der Waals surface area contributed by atoms with Gasteiger partial charge in [-0.15, -0.1) is 0 Å². The number of hydrogen-bond donors (Lipinski definition) is 0. The van der Waals surface area contributed by atoms with Crippen LogP contribution < -0.4 is 18.6 Å². The molecule has 2 aromatic heterocycles. The monoisotopic (exact) mass is 825 g/mol. The van der Waals surface area contributed by atoms with Crippen molar-refractivity contribution in [3.8, 4) is 11.5 Å². The minimum Gasteiger partial charge on any atom is -0.494 e. The Hall–Kier alpha value is -3.54. The highest BCUT2D eigenvalue weighted by molar-refractivity contribution is 5.27. The van der Waals surface area contributed by atoms with Crippen LogP contribution in [0.5, 0.6) is 11.5 Å². The molecule has 0 aliphatic heterocycles. The predicted molar refractivity (Wildman–Crippen MR) is 252 cm³/mol. The maximum atomic E-state index is 6.04. The number of aromatic nitrogens is 4. The molecule has 0 atom stereocenters. The second-order valence-corrected chi connectivity index (χ2v) is 17.8. The molecule has 4 aromatic rings.